The van der Waals surface area contributed by atoms with Gasteiger partial charge in [-0.2, -0.15) is 0 Å². The lowest BCUT2D eigenvalue weighted by molar-refractivity contribution is 0.394. The molecule has 88 valence electrons. The number of phenols is 1. The summed E-state index contributed by atoms with van der Waals surface area (Å²) in [6.07, 6.45) is 2.15. The van der Waals surface area contributed by atoms with Crippen LogP contribution >= 0.6 is 0 Å². The van der Waals surface area contributed by atoms with Gasteiger partial charge in [-0.05, 0) is 44.4 Å². The molecule has 1 aromatic carbocycles. The van der Waals surface area contributed by atoms with Crippen molar-refractivity contribution in [2.45, 2.75) is 38.1 Å². The SMILES string of the molecule is COc1cc(C)c(O)cc1C1(C(C)N)CC1. The third-order valence-electron chi connectivity index (χ3n) is 3.71. The Morgan fingerprint density at radius 2 is 2.06 bits per heavy atom. The molecule has 1 aliphatic carbocycles. The minimum absolute atomic E-state index is 0.0104. The van der Waals surface area contributed by atoms with E-state index in [4.69, 9.17) is 10.5 Å². The molecule has 0 heterocycles. The first-order chi connectivity index (χ1) is 7.51. The number of benzene rings is 1. The van der Waals surface area contributed by atoms with E-state index >= 15 is 0 Å². The summed E-state index contributed by atoms with van der Waals surface area (Å²) in [7, 11) is 1.66. The van der Waals surface area contributed by atoms with Gasteiger partial charge in [0.1, 0.15) is 11.5 Å². The summed E-state index contributed by atoms with van der Waals surface area (Å²) in [6.45, 7) is 3.89. The number of ether oxygens (including phenoxy) is 1. The predicted molar refractivity (Wildman–Crippen MR) is 64.0 cm³/mol. The van der Waals surface area contributed by atoms with Crippen LogP contribution in [0.15, 0.2) is 12.1 Å². The molecule has 0 aliphatic heterocycles. The molecule has 0 bridgehead atoms. The van der Waals surface area contributed by atoms with Crippen LogP contribution in [0.3, 0.4) is 0 Å². The lowest BCUT2D eigenvalue weighted by Gasteiger charge is -2.23. The van der Waals surface area contributed by atoms with Crippen molar-refractivity contribution in [2.75, 3.05) is 7.11 Å². The highest BCUT2D eigenvalue weighted by Gasteiger charge is 2.49. The van der Waals surface area contributed by atoms with Crippen LogP contribution in [0.25, 0.3) is 0 Å². The highest BCUT2D eigenvalue weighted by molar-refractivity contribution is 5.51. The molecule has 0 aromatic heterocycles. The van der Waals surface area contributed by atoms with Gasteiger partial charge < -0.3 is 15.6 Å². The van der Waals surface area contributed by atoms with Crippen molar-refractivity contribution >= 4 is 0 Å². The van der Waals surface area contributed by atoms with Gasteiger partial charge in [0.25, 0.3) is 0 Å². The van der Waals surface area contributed by atoms with Crippen molar-refractivity contribution < 1.29 is 9.84 Å². The van der Waals surface area contributed by atoms with Crippen molar-refractivity contribution in [1.82, 2.24) is 0 Å². The Kier molecular flexibility index (Phi) is 2.58. The molecule has 3 nitrogen and oxygen atoms in total. The van der Waals surface area contributed by atoms with E-state index in [9.17, 15) is 5.11 Å². The fourth-order valence-corrected chi connectivity index (χ4v) is 2.33. The molecule has 3 N–H and O–H groups in total. The van der Waals surface area contributed by atoms with Crippen molar-refractivity contribution in [3.05, 3.63) is 23.3 Å². The van der Waals surface area contributed by atoms with Crippen LogP contribution in [-0.2, 0) is 5.41 Å². The van der Waals surface area contributed by atoms with Gasteiger partial charge in [0.2, 0.25) is 0 Å². The third-order valence-corrected chi connectivity index (χ3v) is 3.71. The molecule has 16 heavy (non-hydrogen) atoms. The average molecular weight is 221 g/mol. The van der Waals surface area contributed by atoms with Gasteiger partial charge in [0.05, 0.1) is 7.11 Å². The first kappa shape index (κ1) is 11.3. The van der Waals surface area contributed by atoms with Crippen LogP contribution in [0, 0.1) is 6.92 Å². The molecule has 0 amide bonds. The van der Waals surface area contributed by atoms with E-state index in [1.165, 1.54) is 0 Å². The normalized spacial score (nSPS) is 19.2. The molecular formula is C13H19NO2. The summed E-state index contributed by atoms with van der Waals surface area (Å²) < 4.78 is 5.39. The smallest absolute Gasteiger partial charge is 0.123 e. The van der Waals surface area contributed by atoms with Crippen LogP contribution in [0.2, 0.25) is 0 Å². The maximum atomic E-state index is 9.80. The Morgan fingerprint density at radius 1 is 1.44 bits per heavy atom. The van der Waals surface area contributed by atoms with Gasteiger partial charge >= 0.3 is 0 Å². The summed E-state index contributed by atoms with van der Waals surface area (Å²) in [5, 5.41) is 9.80. The lowest BCUT2D eigenvalue weighted by Crippen LogP contribution is -2.31. The lowest BCUT2D eigenvalue weighted by atomic mass is 9.88. The van der Waals surface area contributed by atoms with E-state index < -0.39 is 0 Å². The van der Waals surface area contributed by atoms with E-state index in [1.54, 1.807) is 7.11 Å². The summed E-state index contributed by atoms with van der Waals surface area (Å²) in [6, 6.07) is 3.78. The Bertz CT molecular complexity index is 409. The molecule has 1 aliphatic rings. The van der Waals surface area contributed by atoms with E-state index in [1.807, 2.05) is 26.0 Å². The van der Waals surface area contributed by atoms with Crippen molar-refractivity contribution in [2.24, 2.45) is 5.73 Å². The van der Waals surface area contributed by atoms with Crippen LogP contribution in [0.5, 0.6) is 11.5 Å². The Hall–Kier alpha value is -1.22. The van der Waals surface area contributed by atoms with Gasteiger partial charge in [-0.15, -0.1) is 0 Å². The number of aromatic hydroxyl groups is 1. The molecular weight excluding hydrogens is 202 g/mol. The molecule has 1 unspecified atom stereocenters. The fraction of sp³-hybridized carbons (Fsp3) is 0.538. The monoisotopic (exact) mass is 221 g/mol. The van der Waals surface area contributed by atoms with E-state index in [2.05, 4.69) is 0 Å². The van der Waals surface area contributed by atoms with Gasteiger partial charge in [0, 0.05) is 17.0 Å². The Balaban J connectivity index is 2.52. The summed E-state index contributed by atoms with van der Waals surface area (Å²) in [5.41, 5.74) is 7.93. The molecule has 3 heteroatoms. The highest BCUT2D eigenvalue weighted by Crippen LogP contribution is 2.54. The maximum absolute atomic E-state index is 9.80. The molecule has 1 atom stereocenters. The zero-order chi connectivity index (χ0) is 11.9. The van der Waals surface area contributed by atoms with E-state index in [0.29, 0.717) is 5.75 Å². The fourth-order valence-electron chi connectivity index (χ4n) is 2.33. The molecule has 2 rings (SSSR count). The zero-order valence-electron chi connectivity index (χ0n) is 10.1. The summed E-state index contributed by atoms with van der Waals surface area (Å²) in [5.74, 6) is 1.16. The molecule has 1 saturated carbocycles. The van der Waals surface area contributed by atoms with Crippen LogP contribution in [-0.4, -0.2) is 18.3 Å². The van der Waals surface area contributed by atoms with E-state index in [-0.39, 0.29) is 11.5 Å². The molecule has 1 fully saturated rings. The standard InChI is InChI=1S/C13H19NO2/c1-8-6-12(16-3)10(7-11(8)15)13(4-5-13)9(2)14/h6-7,9,15H,4-5,14H2,1-3H3. The topological polar surface area (TPSA) is 55.5 Å². The number of nitrogens with two attached hydrogens (primary N) is 1. The van der Waals surface area contributed by atoms with Crippen molar-refractivity contribution in [1.29, 1.82) is 0 Å². The summed E-state index contributed by atoms with van der Waals surface area (Å²) >= 11 is 0. The van der Waals surface area contributed by atoms with Gasteiger partial charge in [-0.1, -0.05) is 0 Å². The number of hydrogen-bond donors (Lipinski definition) is 2. The number of hydrogen-bond acceptors (Lipinski definition) is 3. The van der Waals surface area contributed by atoms with Gasteiger partial charge in [0.15, 0.2) is 0 Å². The van der Waals surface area contributed by atoms with E-state index in [0.717, 1.165) is 29.7 Å². The van der Waals surface area contributed by atoms with Crippen molar-refractivity contribution in [3.8, 4) is 11.5 Å². The summed E-state index contributed by atoms with van der Waals surface area (Å²) in [4.78, 5) is 0. The average Bonchev–Trinajstić information content (AvgIpc) is 3.02. The minimum Gasteiger partial charge on any atom is -0.508 e. The van der Waals surface area contributed by atoms with Gasteiger partial charge in [-0.25, -0.2) is 0 Å². The van der Waals surface area contributed by atoms with Gasteiger partial charge in [-0.3, -0.25) is 0 Å². The Labute approximate surface area is 96.2 Å². The predicted octanol–water partition coefficient (Wildman–Crippen LogP) is 2.09. The second-order valence-corrected chi connectivity index (χ2v) is 4.78. The van der Waals surface area contributed by atoms with Crippen LogP contribution < -0.4 is 10.5 Å². The highest BCUT2D eigenvalue weighted by atomic mass is 16.5. The number of phenolic OH excluding ortho intramolecular Hbond substituents is 1. The second-order valence-electron chi connectivity index (χ2n) is 4.78. The third kappa shape index (κ3) is 1.55. The zero-order valence-corrected chi connectivity index (χ0v) is 10.1. The quantitative estimate of drug-likeness (QED) is 0.821. The molecule has 0 spiro atoms. The second kappa shape index (κ2) is 3.67. The molecule has 0 saturated heterocycles. The number of aryl methyl sites for hydroxylation is 1. The maximum Gasteiger partial charge on any atom is 0.123 e. The minimum atomic E-state index is 0.0104. The first-order valence-corrected chi connectivity index (χ1v) is 5.65. The first-order valence-electron chi connectivity index (χ1n) is 5.65. The van der Waals surface area contributed by atoms with Crippen LogP contribution in [0.4, 0.5) is 0 Å². The molecule has 1 aromatic rings. The largest absolute Gasteiger partial charge is 0.508 e. The Morgan fingerprint density at radius 3 is 2.50 bits per heavy atom. The van der Waals surface area contributed by atoms with Crippen LogP contribution in [0.1, 0.15) is 30.9 Å². The molecule has 0 radical (unpaired) electrons. The van der Waals surface area contributed by atoms with Crippen molar-refractivity contribution in [3.63, 3.8) is 0 Å². The number of methoxy groups -OCH3 is 1. The number of rotatable bonds is 3.